The number of carbonyl (C=O) groups excluding carboxylic acids is 1. The van der Waals surface area contributed by atoms with Gasteiger partial charge in [-0.15, -0.1) is 0 Å². The number of amides is 1. The van der Waals surface area contributed by atoms with Crippen LogP contribution in [-0.2, 0) is 12.1 Å². The number of benzene rings is 3. The zero-order valence-corrected chi connectivity index (χ0v) is 14.9. The Hall–Kier alpha value is -2.62. The van der Waals surface area contributed by atoms with Crippen LogP contribution in [0.25, 0.3) is 0 Å². The van der Waals surface area contributed by atoms with Crippen LogP contribution < -0.4 is 0 Å². The van der Waals surface area contributed by atoms with Gasteiger partial charge in [0, 0.05) is 28.3 Å². The molecule has 3 aromatic carbocycles. The van der Waals surface area contributed by atoms with E-state index in [4.69, 9.17) is 11.6 Å². The van der Waals surface area contributed by atoms with Gasteiger partial charge in [0.1, 0.15) is 0 Å². The molecule has 0 bridgehead atoms. The van der Waals surface area contributed by atoms with E-state index in [0.29, 0.717) is 34.7 Å². The monoisotopic (exact) mass is 363 g/mol. The van der Waals surface area contributed by atoms with Crippen LogP contribution in [0, 0.1) is 0 Å². The van der Waals surface area contributed by atoms with Crippen molar-refractivity contribution >= 4 is 17.5 Å². The first kappa shape index (κ1) is 16.8. The molecule has 3 aromatic rings. The zero-order valence-electron chi connectivity index (χ0n) is 14.1. The summed E-state index contributed by atoms with van der Waals surface area (Å²) in [6, 6.07) is 24.2. The summed E-state index contributed by atoms with van der Waals surface area (Å²) in [6.45, 7) is 0.403. The van der Waals surface area contributed by atoms with Crippen LogP contribution in [0.15, 0.2) is 78.9 Å². The molecule has 4 rings (SSSR count). The van der Waals surface area contributed by atoms with Crippen LogP contribution in [0.5, 0.6) is 0 Å². The van der Waals surface area contributed by atoms with E-state index < -0.39 is 5.72 Å². The fraction of sp³-hybridized carbons (Fsp3) is 0.136. The molecule has 0 radical (unpaired) electrons. The molecule has 0 spiro atoms. The van der Waals surface area contributed by atoms with Crippen molar-refractivity contribution in [2.75, 3.05) is 6.54 Å². The molecule has 1 amide bonds. The summed E-state index contributed by atoms with van der Waals surface area (Å²) in [6.07, 6.45) is 0.631. The number of hydrogen-bond acceptors (Lipinski definition) is 2. The van der Waals surface area contributed by atoms with E-state index >= 15 is 0 Å². The fourth-order valence-electron chi connectivity index (χ4n) is 3.55. The molecular weight excluding hydrogens is 346 g/mol. The second-order valence-corrected chi connectivity index (χ2v) is 6.85. The van der Waals surface area contributed by atoms with Gasteiger partial charge >= 0.3 is 0 Å². The lowest BCUT2D eigenvalue weighted by molar-refractivity contribution is -0.0493. The van der Waals surface area contributed by atoms with E-state index in [1.807, 2.05) is 72.8 Å². The first-order valence-corrected chi connectivity index (χ1v) is 8.92. The van der Waals surface area contributed by atoms with E-state index in [0.717, 1.165) is 5.56 Å². The largest absolute Gasteiger partial charge is 0.363 e. The highest BCUT2D eigenvalue weighted by Gasteiger charge is 2.49. The molecule has 0 fully saturated rings. The van der Waals surface area contributed by atoms with E-state index in [-0.39, 0.29) is 5.91 Å². The quantitative estimate of drug-likeness (QED) is 0.753. The van der Waals surface area contributed by atoms with Crippen LogP contribution in [-0.4, -0.2) is 22.5 Å². The van der Waals surface area contributed by atoms with Crippen LogP contribution >= 0.6 is 11.6 Å². The topological polar surface area (TPSA) is 40.5 Å². The van der Waals surface area contributed by atoms with Crippen molar-refractivity contribution in [2.45, 2.75) is 12.1 Å². The standard InChI is InChI=1S/C22H18ClNO2/c23-18-12-10-16(11-13-18)14-15-24-21(25)19-8-4-5-9-20(19)22(24,26)17-6-2-1-3-7-17/h1-13,26H,14-15H2. The molecule has 0 aliphatic carbocycles. The summed E-state index contributed by atoms with van der Waals surface area (Å²) in [4.78, 5) is 14.6. The summed E-state index contributed by atoms with van der Waals surface area (Å²) < 4.78 is 0. The maximum absolute atomic E-state index is 13.0. The molecule has 0 saturated heterocycles. The second kappa shape index (κ2) is 6.60. The molecule has 1 N–H and O–H groups in total. The predicted octanol–water partition coefficient (Wildman–Crippen LogP) is 4.23. The first-order chi connectivity index (χ1) is 12.6. The Morgan fingerprint density at radius 3 is 2.27 bits per heavy atom. The molecule has 1 aliphatic heterocycles. The second-order valence-electron chi connectivity index (χ2n) is 6.42. The highest BCUT2D eigenvalue weighted by Crippen LogP contribution is 2.42. The lowest BCUT2D eigenvalue weighted by Gasteiger charge is -2.35. The Kier molecular flexibility index (Phi) is 4.27. The van der Waals surface area contributed by atoms with Crippen LogP contribution in [0.2, 0.25) is 5.02 Å². The molecule has 1 atom stereocenters. The first-order valence-electron chi connectivity index (χ1n) is 8.54. The van der Waals surface area contributed by atoms with Crippen molar-refractivity contribution in [2.24, 2.45) is 0 Å². The van der Waals surface area contributed by atoms with Gasteiger partial charge in [0.25, 0.3) is 5.91 Å². The van der Waals surface area contributed by atoms with Crippen LogP contribution in [0.3, 0.4) is 0 Å². The predicted molar refractivity (Wildman–Crippen MR) is 102 cm³/mol. The van der Waals surface area contributed by atoms with E-state index in [1.165, 1.54) is 0 Å². The van der Waals surface area contributed by atoms with Crippen molar-refractivity contribution in [3.8, 4) is 0 Å². The smallest absolute Gasteiger partial charge is 0.257 e. The highest BCUT2D eigenvalue weighted by atomic mass is 35.5. The van der Waals surface area contributed by atoms with E-state index in [9.17, 15) is 9.90 Å². The highest BCUT2D eigenvalue weighted by molar-refractivity contribution is 6.30. The van der Waals surface area contributed by atoms with Gasteiger partial charge in [0.15, 0.2) is 5.72 Å². The van der Waals surface area contributed by atoms with Crippen molar-refractivity contribution < 1.29 is 9.90 Å². The third kappa shape index (κ3) is 2.70. The molecule has 0 saturated carbocycles. The Morgan fingerprint density at radius 1 is 0.885 bits per heavy atom. The van der Waals surface area contributed by atoms with Gasteiger partial charge in [-0.05, 0) is 30.2 Å². The number of fused-ring (bicyclic) bond motifs is 1. The molecule has 0 aromatic heterocycles. The van der Waals surface area contributed by atoms with Crippen LogP contribution in [0.1, 0.15) is 27.0 Å². The number of nitrogens with zero attached hydrogens (tertiary/aromatic N) is 1. The molecule has 1 heterocycles. The summed E-state index contributed by atoms with van der Waals surface area (Å²) >= 11 is 5.94. The molecule has 1 aliphatic rings. The van der Waals surface area contributed by atoms with Crippen molar-refractivity contribution in [3.05, 3.63) is 106 Å². The maximum Gasteiger partial charge on any atom is 0.257 e. The lowest BCUT2D eigenvalue weighted by atomic mass is 9.93. The fourth-order valence-corrected chi connectivity index (χ4v) is 3.67. The van der Waals surface area contributed by atoms with Gasteiger partial charge in [0.2, 0.25) is 0 Å². The number of aliphatic hydroxyl groups is 1. The van der Waals surface area contributed by atoms with Gasteiger partial charge in [-0.2, -0.15) is 0 Å². The number of halogens is 1. The third-order valence-electron chi connectivity index (χ3n) is 4.88. The minimum Gasteiger partial charge on any atom is -0.363 e. The lowest BCUT2D eigenvalue weighted by Crippen LogP contribution is -2.45. The van der Waals surface area contributed by atoms with Crippen LogP contribution in [0.4, 0.5) is 0 Å². The van der Waals surface area contributed by atoms with Crippen molar-refractivity contribution in [3.63, 3.8) is 0 Å². The zero-order chi connectivity index (χ0) is 18.1. The summed E-state index contributed by atoms with van der Waals surface area (Å²) in [5.74, 6) is -0.152. The van der Waals surface area contributed by atoms with Crippen molar-refractivity contribution in [1.29, 1.82) is 0 Å². The molecular formula is C22H18ClNO2. The third-order valence-corrected chi connectivity index (χ3v) is 5.13. The Bertz CT molecular complexity index is 940. The Morgan fingerprint density at radius 2 is 1.54 bits per heavy atom. The molecule has 3 nitrogen and oxygen atoms in total. The minimum absolute atomic E-state index is 0.152. The summed E-state index contributed by atoms with van der Waals surface area (Å²) in [5.41, 5.74) is 1.48. The van der Waals surface area contributed by atoms with Gasteiger partial charge in [-0.25, -0.2) is 0 Å². The molecule has 1 unspecified atom stereocenters. The normalized spacial score (nSPS) is 18.8. The summed E-state index contributed by atoms with van der Waals surface area (Å²) in [7, 11) is 0. The molecule has 26 heavy (non-hydrogen) atoms. The SMILES string of the molecule is O=C1c2ccccc2C(O)(c2ccccc2)N1CCc1ccc(Cl)cc1. The van der Waals surface area contributed by atoms with Gasteiger partial charge in [-0.3, -0.25) is 4.79 Å². The average molecular weight is 364 g/mol. The van der Waals surface area contributed by atoms with Gasteiger partial charge < -0.3 is 10.0 Å². The Labute approximate surface area is 157 Å². The number of carbonyl (C=O) groups is 1. The average Bonchev–Trinajstić information content (AvgIpc) is 2.91. The van der Waals surface area contributed by atoms with Crippen molar-refractivity contribution in [1.82, 2.24) is 4.90 Å². The van der Waals surface area contributed by atoms with Gasteiger partial charge in [-0.1, -0.05) is 72.3 Å². The Balaban J connectivity index is 1.72. The number of hydrogen-bond donors (Lipinski definition) is 1. The molecule has 4 heteroatoms. The maximum atomic E-state index is 13.0. The van der Waals surface area contributed by atoms with E-state index in [1.54, 1.807) is 11.0 Å². The molecule has 130 valence electrons. The number of rotatable bonds is 4. The summed E-state index contributed by atoms with van der Waals surface area (Å²) in [5, 5.41) is 12.3. The van der Waals surface area contributed by atoms with Gasteiger partial charge in [0.05, 0.1) is 0 Å². The minimum atomic E-state index is -1.46. The van der Waals surface area contributed by atoms with E-state index in [2.05, 4.69) is 0 Å².